The Morgan fingerprint density at radius 2 is 1.59 bits per heavy atom. The Hall–Kier alpha value is -1.68. The van der Waals surface area contributed by atoms with Gasteiger partial charge in [0.15, 0.2) is 0 Å². The molecule has 5 nitrogen and oxygen atoms in total. The average Bonchev–Trinajstić information content (AvgIpc) is 2.61. The Bertz CT molecular complexity index is 994. The maximum absolute atomic E-state index is 14.8. The monoisotopic (exact) mass is 476 g/mol. The number of nitrogens with zero attached hydrogens (tertiary/aromatic N) is 1. The normalized spacial score (nSPS) is 30.2. The molecule has 1 aromatic rings. The summed E-state index contributed by atoms with van der Waals surface area (Å²) in [6.45, 7) is 3.14. The van der Waals surface area contributed by atoms with Crippen LogP contribution in [0.1, 0.15) is 57.9 Å². The number of hydrogen-bond donors (Lipinski definition) is 1. The maximum Gasteiger partial charge on any atom is 0.416 e. The Labute approximate surface area is 185 Å². The lowest BCUT2D eigenvalue weighted by Crippen LogP contribution is -2.63. The molecule has 0 heterocycles. The van der Waals surface area contributed by atoms with Crippen molar-refractivity contribution >= 4 is 15.9 Å². The van der Waals surface area contributed by atoms with E-state index >= 15 is 0 Å². The smallest absolute Gasteiger partial charge is 0.370 e. The molecule has 0 atom stereocenters. The molecule has 0 spiro atoms. The number of carbonyl (C=O) groups excluding carboxylic acids is 1. The fourth-order valence-corrected chi connectivity index (χ4v) is 8.80. The summed E-state index contributed by atoms with van der Waals surface area (Å²) in [5.74, 6) is -0.924. The lowest BCUT2D eigenvalue weighted by atomic mass is 9.54. The number of primary amides is 1. The number of sulfonamides is 1. The molecule has 178 valence electrons. The number of halogens is 4. The van der Waals surface area contributed by atoms with Crippen molar-refractivity contribution in [2.75, 3.05) is 0 Å². The summed E-state index contributed by atoms with van der Waals surface area (Å²) in [5, 5.41) is 0. The molecule has 0 saturated heterocycles. The van der Waals surface area contributed by atoms with Crippen LogP contribution in [0.15, 0.2) is 23.1 Å². The third-order valence-corrected chi connectivity index (χ3v) is 9.59. The fourth-order valence-electron chi connectivity index (χ4n) is 6.67. The highest BCUT2D eigenvalue weighted by Crippen LogP contribution is 2.57. The molecule has 32 heavy (non-hydrogen) atoms. The molecule has 1 aromatic carbocycles. The second-order valence-corrected chi connectivity index (χ2v) is 12.1. The Kier molecular flexibility index (Phi) is 5.64. The van der Waals surface area contributed by atoms with Crippen LogP contribution in [-0.4, -0.2) is 30.2 Å². The highest BCUT2D eigenvalue weighted by molar-refractivity contribution is 7.89. The van der Waals surface area contributed by atoms with Crippen LogP contribution in [-0.2, 0) is 21.0 Å². The van der Waals surface area contributed by atoms with Gasteiger partial charge in [0, 0.05) is 18.0 Å². The van der Waals surface area contributed by atoms with E-state index in [0.717, 1.165) is 32.1 Å². The standard InChI is InChI=1S/C22H28F4N2O3S/c1-21(2,11-19(27)29)28(20-14-6-12-5-13(8-14)9-15(20)7-12)32(30,31)18-4-3-16(10-17(18)23)22(24,25)26/h3-4,10,12-15,20H,5-9,11H2,1-2H3,(H2,27,29). The second kappa shape index (κ2) is 7.68. The first-order valence-electron chi connectivity index (χ1n) is 10.9. The molecule has 0 aliphatic heterocycles. The third kappa shape index (κ3) is 4.04. The van der Waals surface area contributed by atoms with Crippen LogP contribution in [0.5, 0.6) is 0 Å². The summed E-state index contributed by atoms with van der Waals surface area (Å²) in [6, 6.07) is 1.02. The summed E-state index contributed by atoms with van der Waals surface area (Å²) in [6.07, 6.45) is -0.466. The molecule has 4 fully saturated rings. The van der Waals surface area contributed by atoms with Crippen LogP contribution in [0.3, 0.4) is 0 Å². The van der Waals surface area contributed by atoms with E-state index in [1.807, 2.05) is 0 Å². The van der Waals surface area contributed by atoms with Crippen molar-refractivity contribution in [2.24, 2.45) is 29.4 Å². The van der Waals surface area contributed by atoms with Crippen molar-refractivity contribution in [3.05, 3.63) is 29.6 Å². The number of amides is 1. The number of nitrogens with two attached hydrogens (primary N) is 1. The van der Waals surface area contributed by atoms with Gasteiger partial charge in [0.05, 0.1) is 5.56 Å². The maximum atomic E-state index is 14.8. The van der Waals surface area contributed by atoms with Crippen LogP contribution in [0.4, 0.5) is 17.6 Å². The zero-order chi connectivity index (χ0) is 23.6. The summed E-state index contributed by atoms with van der Waals surface area (Å²) >= 11 is 0. The van der Waals surface area contributed by atoms with E-state index in [1.165, 1.54) is 4.31 Å². The molecule has 0 aromatic heterocycles. The minimum atomic E-state index is -4.80. The van der Waals surface area contributed by atoms with E-state index in [1.54, 1.807) is 13.8 Å². The molecule has 1 amide bonds. The van der Waals surface area contributed by atoms with E-state index in [4.69, 9.17) is 5.73 Å². The van der Waals surface area contributed by atoms with Crippen LogP contribution in [0, 0.1) is 29.5 Å². The van der Waals surface area contributed by atoms with Gasteiger partial charge in [0.1, 0.15) is 10.7 Å². The van der Waals surface area contributed by atoms with Gasteiger partial charge in [0.2, 0.25) is 15.9 Å². The average molecular weight is 477 g/mol. The lowest BCUT2D eigenvalue weighted by molar-refractivity contribution is -0.137. The lowest BCUT2D eigenvalue weighted by Gasteiger charge is -2.59. The predicted octanol–water partition coefficient (Wildman–Crippen LogP) is 4.31. The molecule has 0 unspecified atom stereocenters. The fraction of sp³-hybridized carbons (Fsp3) is 0.682. The van der Waals surface area contributed by atoms with Gasteiger partial charge in [-0.05, 0) is 87.8 Å². The highest BCUT2D eigenvalue weighted by atomic mass is 32.2. The van der Waals surface area contributed by atoms with Crippen molar-refractivity contribution < 1.29 is 30.8 Å². The van der Waals surface area contributed by atoms with Crippen molar-refractivity contribution in [2.45, 2.75) is 75.0 Å². The van der Waals surface area contributed by atoms with Crippen LogP contribution in [0.2, 0.25) is 0 Å². The number of benzene rings is 1. The summed E-state index contributed by atoms with van der Waals surface area (Å²) in [7, 11) is -4.56. The largest absolute Gasteiger partial charge is 0.416 e. The quantitative estimate of drug-likeness (QED) is 0.621. The third-order valence-electron chi connectivity index (χ3n) is 7.45. The Morgan fingerprint density at radius 3 is 2.03 bits per heavy atom. The SMILES string of the molecule is CC(C)(CC(N)=O)N(C1C2CC3CC(C2)CC1C3)S(=O)(=O)c1ccc(C(F)(F)F)cc1F. The first kappa shape index (κ1) is 23.5. The van der Waals surface area contributed by atoms with Gasteiger partial charge in [-0.15, -0.1) is 0 Å². The van der Waals surface area contributed by atoms with Crippen molar-refractivity contribution in [1.29, 1.82) is 0 Å². The number of rotatable bonds is 6. The molecular weight excluding hydrogens is 448 g/mol. The molecule has 4 aliphatic rings. The van der Waals surface area contributed by atoms with Gasteiger partial charge < -0.3 is 5.73 Å². The van der Waals surface area contributed by atoms with Crippen molar-refractivity contribution in [3.63, 3.8) is 0 Å². The van der Waals surface area contributed by atoms with Crippen LogP contribution < -0.4 is 5.73 Å². The Balaban J connectivity index is 1.81. The zero-order valence-corrected chi connectivity index (χ0v) is 18.8. The van der Waals surface area contributed by atoms with Gasteiger partial charge in [0.25, 0.3) is 0 Å². The molecule has 5 rings (SSSR count). The minimum Gasteiger partial charge on any atom is -0.370 e. The molecule has 2 N–H and O–H groups in total. The van der Waals surface area contributed by atoms with E-state index in [-0.39, 0.29) is 24.3 Å². The van der Waals surface area contributed by atoms with Crippen LogP contribution in [0.25, 0.3) is 0 Å². The number of alkyl halides is 3. The van der Waals surface area contributed by atoms with Gasteiger partial charge in [-0.1, -0.05) is 0 Å². The zero-order valence-electron chi connectivity index (χ0n) is 18.0. The topological polar surface area (TPSA) is 80.5 Å². The van der Waals surface area contributed by atoms with E-state index in [0.29, 0.717) is 24.0 Å². The van der Waals surface area contributed by atoms with Crippen LogP contribution >= 0.6 is 0 Å². The van der Waals surface area contributed by atoms with Crippen molar-refractivity contribution in [3.8, 4) is 0 Å². The van der Waals surface area contributed by atoms with E-state index in [2.05, 4.69) is 0 Å². The molecule has 4 bridgehead atoms. The highest BCUT2D eigenvalue weighted by Gasteiger charge is 2.56. The van der Waals surface area contributed by atoms with Gasteiger partial charge >= 0.3 is 6.18 Å². The molecule has 0 radical (unpaired) electrons. The molecule has 4 saturated carbocycles. The summed E-state index contributed by atoms with van der Waals surface area (Å²) < 4.78 is 82.7. The first-order chi connectivity index (χ1) is 14.7. The van der Waals surface area contributed by atoms with E-state index in [9.17, 15) is 30.8 Å². The second-order valence-electron chi connectivity index (χ2n) is 10.3. The van der Waals surface area contributed by atoms with Gasteiger partial charge in [-0.3, -0.25) is 4.79 Å². The number of carbonyl (C=O) groups is 1. The predicted molar refractivity (Wildman–Crippen MR) is 109 cm³/mol. The van der Waals surface area contributed by atoms with E-state index < -0.39 is 50.0 Å². The van der Waals surface area contributed by atoms with Gasteiger partial charge in [-0.25, -0.2) is 12.8 Å². The summed E-state index contributed by atoms with van der Waals surface area (Å²) in [5.41, 5.74) is 2.89. The molecule has 10 heteroatoms. The minimum absolute atomic E-state index is 0.0747. The first-order valence-corrected chi connectivity index (χ1v) is 12.3. The summed E-state index contributed by atoms with van der Waals surface area (Å²) in [4.78, 5) is 11.0. The van der Waals surface area contributed by atoms with Crippen molar-refractivity contribution in [1.82, 2.24) is 4.31 Å². The Morgan fingerprint density at radius 1 is 1.06 bits per heavy atom. The molecule has 4 aliphatic carbocycles. The van der Waals surface area contributed by atoms with Gasteiger partial charge in [-0.2, -0.15) is 17.5 Å². The molecular formula is C22H28F4N2O3S. The number of hydrogen-bond acceptors (Lipinski definition) is 3.